The lowest BCUT2D eigenvalue weighted by molar-refractivity contribution is -0.153. The number of carbonyl (C=O) groups is 1. The molecule has 3 aromatic heterocycles. The van der Waals surface area contributed by atoms with E-state index in [2.05, 4.69) is 4.98 Å². The number of hydrogen-bond donors (Lipinski definition) is 1. The summed E-state index contributed by atoms with van der Waals surface area (Å²) >= 11 is 1.73. The Hall–Kier alpha value is -2.51. The number of rotatable bonds is 6. The van der Waals surface area contributed by atoms with Gasteiger partial charge in [0.15, 0.2) is 6.10 Å². The number of thiophene rings is 1. The standard InChI is InChI=1S/C23H26N2O4S/c1-12(2)29-21(23(26)27)18-13(3)25-22-20(15-7-5-6-8-16(15)30-22)19(18)14-9-10-24-17(11-14)28-4/h9-12,21H,5-8H2,1-4H3,(H,26,27). The zero-order valence-electron chi connectivity index (χ0n) is 17.7. The highest BCUT2D eigenvalue weighted by Crippen LogP contribution is 2.45. The zero-order chi connectivity index (χ0) is 21.4. The summed E-state index contributed by atoms with van der Waals surface area (Å²) in [5.41, 5.74) is 4.35. The number of hydrogen-bond acceptors (Lipinski definition) is 6. The van der Waals surface area contributed by atoms with Crippen LogP contribution < -0.4 is 4.74 Å². The number of aliphatic carboxylic acids is 1. The van der Waals surface area contributed by atoms with Gasteiger partial charge in [-0.05, 0) is 63.6 Å². The second-order valence-corrected chi connectivity index (χ2v) is 8.95. The average molecular weight is 427 g/mol. The van der Waals surface area contributed by atoms with Crippen molar-refractivity contribution in [3.63, 3.8) is 0 Å². The number of aryl methyl sites for hydroxylation is 3. The molecule has 158 valence electrons. The second kappa shape index (κ2) is 8.32. The quantitative estimate of drug-likeness (QED) is 0.590. The largest absolute Gasteiger partial charge is 0.481 e. The van der Waals surface area contributed by atoms with Crippen molar-refractivity contribution >= 4 is 27.5 Å². The van der Waals surface area contributed by atoms with E-state index in [-0.39, 0.29) is 6.10 Å². The number of carboxylic acid groups (broad SMARTS) is 1. The van der Waals surface area contributed by atoms with Gasteiger partial charge in [-0.2, -0.15) is 0 Å². The number of aromatic nitrogens is 2. The molecule has 0 saturated carbocycles. The van der Waals surface area contributed by atoms with Crippen molar-refractivity contribution in [3.8, 4) is 17.0 Å². The molecule has 3 heterocycles. The molecule has 4 rings (SSSR count). The molecular formula is C23H26N2O4S. The van der Waals surface area contributed by atoms with Crippen LogP contribution in [0.15, 0.2) is 18.3 Å². The van der Waals surface area contributed by atoms with Gasteiger partial charge in [-0.1, -0.05) is 0 Å². The van der Waals surface area contributed by atoms with E-state index in [1.807, 2.05) is 32.9 Å². The third kappa shape index (κ3) is 3.68. The summed E-state index contributed by atoms with van der Waals surface area (Å²) in [6.07, 6.45) is 4.70. The number of methoxy groups -OCH3 is 1. The van der Waals surface area contributed by atoms with E-state index < -0.39 is 12.1 Å². The molecule has 0 aromatic carbocycles. The molecule has 1 unspecified atom stereocenters. The molecule has 1 N–H and O–H groups in total. The van der Waals surface area contributed by atoms with E-state index in [9.17, 15) is 9.90 Å². The summed E-state index contributed by atoms with van der Waals surface area (Å²) in [6.45, 7) is 5.56. The second-order valence-electron chi connectivity index (χ2n) is 7.87. The number of pyridine rings is 2. The van der Waals surface area contributed by atoms with Crippen molar-refractivity contribution in [2.45, 2.75) is 58.7 Å². The SMILES string of the molecule is COc1cc(-c2c(C(OC(C)C)C(=O)O)c(C)nc3sc4c(c23)CCCC4)ccn1. The van der Waals surface area contributed by atoms with Gasteiger partial charge in [0.1, 0.15) is 4.83 Å². The van der Waals surface area contributed by atoms with Crippen LogP contribution in [-0.4, -0.2) is 34.3 Å². The van der Waals surface area contributed by atoms with E-state index in [4.69, 9.17) is 14.5 Å². The lowest BCUT2D eigenvalue weighted by Gasteiger charge is -2.23. The van der Waals surface area contributed by atoms with E-state index >= 15 is 0 Å². The van der Waals surface area contributed by atoms with E-state index in [1.165, 1.54) is 16.9 Å². The molecule has 3 aromatic rings. The minimum atomic E-state index is -1.10. The molecule has 7 heteroatoms. The first-order valence-electron chi connectivity index (χ1n) is 10.2. The van der Waals surface area contributed by atoms with Gasteiger partial charge < -0.3 is 14.6 Å². The number of nitrogens with zero attached hydrogens (tertiary/aromatic N) is 2. The first-order valence-corrected chi connectivity index (χ1v) is 11.1. The Morgan fingerprint density at radius 3 is 2.73 bits per heavy atom. The van der Waals surface area contributed by atoms with Crippen LogP contribution in [0, 0.1) is 6.92 Å². The van der Waals surface area contributed by atoms with Crippen molar-refractivity contribution in [2.75, 3.05) is 7.11 Å². The lowest BCUT2D eigenvalue weighted by Crippen LogP contribution is -2.21. The maximum Gasteiger partial charge on any atom is 0.337 e. The Bertz CT molecular complexity index is 1110. The third-order valence-electron chi connectivity index (χ3n) is 5.46. The first-order chi connectivity index (χ1) is 14.4. The summed E-state index contributed by atoms with van der Waals surface area (Å²) in [5.74, 6) is -0.527. The van der Waals surface area contributed by atoms with Gasteiger partial charge in [0, 0.05) is 39.3 Å². The highest BCUT2D eigenvalue weighted by molar-refractivity contribution is 7.19. The van der Waals surface area contributed by atoms with Gasteiger partial charge in [0.05, 0.1) is 13.2 Å². The monoisotopic (exact) mass is 426 g/mol. The minimum absolute atomic E-state index is 0.239. The molecule has 30 heavy (non-hydrogen) atoms. The summed E-state index contributed by atoms with van der Waals surface area (Å²) in [6, 6.07) is 3.76. The predicted molar refractivity (Wildman–Crippen MR) is 117 cm³/mol. The average Bonchev–Trinajstić information content (AvgIpc) is 3.08. The number of fused-ring (bicyclic) bond motifs is 3. The van der Waals surface area contributed by atoms with Crippen LogP contribution in [0.5, 0.6) is 5.88 Å². The molecule has 0 spiro atoms. The Balaban J connectivity index is 2.09. The van der Waals surface area contributed by atoms with E-state index in [0.29, 0.717) is 17.1 Å². The zero-order valence-corrected chi connectivity index (χ0v) is 18.5. The van der Waals surface area contributed by atoms with Gasteiger partial charge in [0.2, 0.25) is 5.88 Å². The molecule has 0 fully saturated rings. The minimum Gasteiger partial charge on any atom is -0.481 e. The van der Waals surface area contributed by atoms with Gasteiger partial charge >= 0.3 is 5.97 Å². The Kier molecular flexibility index (Phi) is 5.75. The van der Waals surface area contributed by atoms with E-state index in [0.717, 1.165) is 40.6 Å². The topological polar surface area (TPSA) is 81.5 Å². The van der Waals surface area contributed by atoms with Crippen LogP contribution in [0.3, 0.4) is 0 Å². The summed E-state index contributed by atoms with van der Waals surface area (Å²) < 4.78 is 11.2. The normalized spacial score (nSPS) is 14.7. The summed E-state index contributed by atoms with van der Waals surface area (Å²) in [4.78, 5) is 23.7. The molecule has 6 nitrogen and oxygen atoms in total. The van der Waals surface area contributed by atoms with Crippen molar-refractivity contribution in [2.24, 2.45) is 0 Å². The molecule has 0 bridgehead atoms. The Labute approximate surface area is 179 Å². The molecule has 0 amide bonds. The molecule has 0 aliphatic heterocycles. The van der Waals surface area contributed by atoms with Crippen LogP contribution >= 0.6 is 11.3 Å². The van der Waals surface area contributed by atoms with Gasteiger partial charge in [0.25, 0.3) is 0 Å². The van der Waals surface area contributed by atoms with Crippen LogP contribution in [0.25, 0.3) is 21.3 Å². The summed E-state index contributed by atoms with van der Waals surface area (Å²) in [5, 5.41) is 11.1. The lowest BCUT2D eigenvalue weighted by atomic mass is 9.88. The fourth-order valence-corrected chi connectivity index (χ4v) is 5.55. The maximum atomic E-state index is 12.3. The van der Waals surface area contributed by atoms with Gasteiger partial charge in [-0.15, -0.1) is 11.3 Å². The third-order valence-corrected chi connectivity index (χ3v) is 6.64. The highest BCUT2D eigenvalue weighted by atomic mass is 32.1. The molecule has 0 radical (unpaired) electrons. The fraction of sp³-hybridized carbons (Fsp3) is 0.435. The van der Waals surface area contributed by atoms with Crippen molar-refractivity contribution < 1.29 is 19.4 Å². The number of carboxylic acids is 1. The van der Waals surface area contributed by atoms with Gasteiger partial charge in [-0.3, -0.25) is 0 Å². The molecule has 0 saturated heterocycles. The molecule has 1 atom stereocenters. The predicted octanol–water partition coefficient (Wildman–Crippen LogP) is 5.10. The Morgan fingerprint density at radius 1 is 1.27 bits per heavy atom. The van der Waals surface area contributed by atoms with Crippen molar-refractivity contribution in [1.82, 2.24) is 9.97 Å². The molecule has 1 aliphatic carbocycles. The van der Waals surface area contributed by atoms with Crippen LogP contribution in [0.4, 0.5) is 0 Å². The van der Waals surface area contributed by atoms with Crippen molar-refractivity contribution in [3.05, 3.63) is 40.0 Å². The van der Waals surface area contributed by atoms with Crippen LogP contribution in [0.1, 0.15) is 54.5 Å². The number of ether oxygens (including phenoxy) is 2. The first kappa shape index (κ1) is 20.8. The van der Waals surface area contributed by atoms with Crippen LogP contribution in [0.2, 0.25) is 0 Å². The summed E-state index contributed by atoms with van der Waals surface area (Å²) in [7, 11) is 1.58. The van der Waals surface area contributed by atoms with Crippen LogP contribution in [-0.2, 0) is 22.4 Å². The van der Waals surface area contributed by atoms with E-state index in [1.54, 1.807) is 24.6 Å². The Morgan fingerprint density at radius 2 is 2.03 bits per heavy atom. The fourth-order valence-electron chi connectivity index (χ4n) is 4.24. The molecule has 1 aliphatic rings. The maximum absolute atomic E-state index is 12.3. The smallest absolute Gasteiger partial charge is 0.337 e. The molecular weight excluding hydrogens is 400 g/mol. The highest BCUT2D eigenvalue weighted by Gasteiger charge is 2.32. The van der Waals surface area contributed by atoms with Crippen molar-refractivity contribution in [1.29, 1.82) is 0 Å². The van der Waals surface area contributed by atoms with Gasteiger partial charge in [-0.25, -0.2) is 14.8 Å².